The summed E-state index contributed by atoms with van der Waals surface area (Å²) in [6.07, 6.45) is 2.24. The van der Waals surface area contributed by atoms with E-state index in [0.29, 0.717) is 15.1 Å². The minimum atomic E-state index is 0.540. The summed E-state index contributed by atoms with van der Waals surface area (Å²) in [5.74, 6) is 1.35. The highest BCUT2D eigenvalue weighted by Gasteiger charge is 2.27. The Morgan fingerprint density at radius 3 is 2.25 bits per heavy atom. The third kappa shape index (κ3) is 1.56. The van der Waals surface area contributed by atoms with Gasteiger partial charge in [-0.1, -0.05) is 34.8 Å². The average molecular weight is 221 g/mol. The van der Waals surface area contributed by atoms with Gasteiger partial charge in [0.1, 0.15) is 0 Å². The summed E-state index contributed by atoms with van der Waals surface area (Å²) < 4.78 is 0. The Hall–Kier alpha value is 0.0900. The van der Waals surface area contributed by atoms with Gasteiger partial charge in [0.05, 0.1) is 10.0 Å². The molecule has 63 valence electrons. The summed E-state index contributed by atoms with van der Waals surface area (Å²) >= 11 is 17.7. The van der Waals surface area contributed by atoms with Crippen molar-refractivity contribution < 1.29 is 0 Å². The maximum Gasteiger partial charge on any atom is 0.0631 e. The molecule has 0 atom stereocenters. The van der Waals surface area contributed by atoms with Crippen LogP contribution in [0.2, 0.25) is 15.1 Å². The molecule has 0 bridgehead atoms. The standard InChI is InChI=1S/C9H6Cl3/c10-6-3-7(5-1-2-5)9(12)8(11)4-6/h3-4H,1-2H2. The molecule has 0 nitrogen and oxygen atoms in total. The first-order valence-electron chi connectivity index (χ1n) is 3.68. The maximum absolute atomic E-state index is 5.99. The van der Waals surface area contributed by atoms with E-state index in [1.54, 1.807) is 6.07 Å². The molecule has 0 spiro atoms. The van der Waals surface area contributed by atoms with Crippen molar-refractivity contribution in [3.63, 3.8) is 0 Å². The normalized spacial score (nSPS) is 16.6. The van der Waals surface area contributed by atoms with Crippen molar-refractivity contribution in [3.05, 3.63) is 38.7 Å². The quantitative estimate of drug-likeness (QED) is 0.617. The molecule has 1 fully saturated rings. The summed E-state index contributed by atoms with van der Waals surface area (Å²) in [6, 6.07) is 3.54. The van der Waals surface area contributed by atoms with E-state index in [2.05, 4.69) is 0 Å². The van der Waals surface area contributed by atoms with Gasteiger partial charge < -0.3 is 0 Å². The van der Waals surface area contributed by atoms with Gasteiger partial charge in [-0.05, 0) is 30.5 Å². The Bertz CT molecular complexity index is 316. The van der Waals surface area contributed by atoms with Crippen LogP contribution in [0.4, 0.5) is 0 Å². The Morgan fingerprint density at radius 1 is 1.00 bits per heavy atom. The van der Waals surface area contributed by atoms with E-state index in [1.165, 1.54) is 5.92 Å². The van der Waals surface area contributed by atoms with Crippen LogP contribution in [0.5, 0.6) is 0 Å². The fourth-order valence-electron chi connectivity index (χ4n) is 1.15. The van der Waals surface area contributed by atoms with Crippen LogP contribution in [0.25, 0.3) is 0 Å². The van der Waals surface area contributed by atoms with Gasteiger partial charge in [-0.15, -0.1) is 0 Å². The molecular formula is C9H6Cl3. The summed E-state index contributed by atoms with van der Waals surface area (Å²) in [5.41, 5.74) is 1.02. The fourth-order valence-corrected chi connectivity index (χ4v) is 1.88. The van der Waals surface area contributed by atoms with Crippen molar-refractivity contribution in [3.8, 4) is 0 Å². The summed E-state index contributed by atoms with van der Waals surface area (Å²) in [4.78, 5) is 0. The topological polar surface area (TPSA) is 0 Å². The van der Waals surface area contributed by atoms with Crippen LogP contribution >= 0.6 is 34.8 Å². The molecule has 0 amide bonds. The molecule has 1 aliphatic rings. The molecule has 1 saturated carbocycles. The van der Waals surface area contributed by atoms with Gasteiger partial charge >= 0.3 is 0 Å². The van der Waals surface area contributed by atoms with Crippen molar-refractivity contribution in [2.75, 3.05) is 0 Å². The number of rotatable bonds is 1. The third-order valence-electron chi connectivity index (χ3n) is 1.87. The van der Waals surface area contributed by atoms with Crippen LogP contribution in [0.15, 0.2) is 12.1 Å². The Morgan fingerprint density at radius 2 is 1.67 bits per heavy atom. The second kappa shape index (κ2) is 3.10. The van der Waals surface area contributed by atoms with Crippen molar-refractivity contribution in [1.82, 2.24) is 0 Å². The summed E-state index contributed by atoms with van der Waals surface area (Å²) in [5, 5.41) is 1.82. The van der Waals surface area contributed by atoms with Crippen molar-refractivity contribution in [2.45, 2.75) is 12.8 Å². The minimum absolute atomic E-state index is 0.540. The monoisotopic (exact) mass is 219 g/mol. The highest BCUT2D eigenvalue weighted by Crippen LogP contribution is 2.45. The predicted molar refractivity (Wildman–Crippen MR) is 53.1 cm³/mol. The lowest BCUT2D eigenvalue weighted by Crippen LogP contribution is -1.83. The lowest BCUT2D eigenvalue weighted by molar-refractivity contribution is 1.41. The van der Waals surface area contributed by atoms with Gasteiger partial charge in [-0.25, -0.2) is 0 Å². The number of benzene rings is 1. The zero-order chi connectivity index (χ0) is 8.72. The molecule has 1 radical (unpaired) electrons. The van der Waals surface area contributed by atoms with Gasteiger partial charge in [-0.2, -0.15) is 0 Å². The van der Waals surface area contributed by atoms with E-state index in [0.717, 1.165) is 18.4 Å². The number of halogens is 3. The molecular weight excluding hydrogens is 214 g/mol. The molecule has 2 rings (SSSR count). The molecule has 0 heterocycles. The third-order valence-corrected chi connectivity index (χ3v) is 2.89. The highest BCUT2D eigenvalue weighted by atomic mass is 35.5. The molecule has 3 heteroatoms. The van der Waals surface area contributed by atoms with Crippen LogP contribution in [-0.4, -0.2) is 0 Å². The van der Waals surface area contributed by atoms with Gasteiger partial charge in [0.15, 0.2) is 0 Å². The van der Waals surface area contributed by atoms with E-state index in [-0.39, 0.29) is 0 Å². The molecule has 0 aliphatic heterocycles. The van der Waals surface area contributed by atoms with Crippen molar-refractivity contribution in [1.29, 1.82) is 0 Å². The largest absolute Gasteiger partial charge is 0.0843 e. The van der Waals surface area contributed by atoms with E-state index in [4.69, 9.17) is 34.8 Å². The second-order valence-electron chi connectivity index (χ2n) is 2.85. The smallest absolute Gasteiger partial charge is 0.0631 e. The Labute approximate surface area is 86.4 Å². The molecule has 1 aromatic rings. The molecule has 0 aromatic heterocycles. The molecule has 0 unspecified atom stereocenters. The van der Waals surface area contributed by atoms with E-state index in [1.807, 2.05) is 6.07 Å². The van der Waals surface area contributed by atoms with E-state index in [9.17, 15) is 0 Å². The van der Waals surface area contributed by atoms with Crippen LogP contribution in [0, 0.1) is 5.92 Å². The van der Waals surface area contributed by atoms with Gasteiger partial charge in [0.25, 0.3) is 0 Å². The number of hydrogen-bond acceptors (Lipinski definition) is 0. The first-order valence-corrected chi connectivity index (χ1v) is 4.81. The second-order valence-corrected chi connectivity index (χ2v) is 4.07. The zero-order valence-corrected chi connectivity index (χ0v) is 8.47. The van der Waals surface area contributed by atoms with Crippen LogP contribution in [0.3, 0.4) is 0 Å². The molecule has 12 heavy (non-hydrogen) atoms. The van der Waals surface area contributed by atoms with Gasteiger partial charge in [-0.3, -0.25) is 0 Å². The summed E-state index contributed by atoms with van der Waals surface area (Å²) in [6.45, 7) is 0. The van der Waals surface area contributed by atoms with Gasteiger partial charge in [0.2, 0.25) is 0 Å². The predicted octanol–water partition coefficient (Wildman–Crippen LogP) is 4.36. The van der Waals surface area contributed by atoms with Gasteiger partial charge in [0, 0.05) is 10.9 Å². The minimum Gasteiger partial charge on any atom is -0.0843 e. The maximum atomic E-state index is 5.99. The Kier molecular flexibility index (Phi) is 2.24. The SMILES string of the molecule is Clc1cc(Cl)c(Cl)c([C]2CC2)c1. The molecule has 1 aromatic carbocycles. The fraction of sp³-hybridized carbons (Fsp3) is 0.222. The van der Waals surface area contributed by atoms with Crippen LogP contribution in [0.1, 0.15) is 18.4 Å². The number of hydrogen-bond donors (Lipinski definition) is 0. The first-order chi connectivity index (χ1) is 5.68. The lowest BCUT2D eigenvalue weighted by atomic mass is 10.1. The lowest BCUT2D eigenvalue weighted by Gasteiger charge is -2.03. The average Bonchev–Trinajstić information content (AvgIpc) is 2.79. The first kappa shape index (κ1) is 8.68. The van der Waals surface area contributed by atoms with Crippen LogP contribution < -0.4 is 0 Å². The summed E-state index contributed by atoms with van der Waals surface area (Å²) in [7, 11) is 0. The molecule has 1 aliphatic carbocycles. The Balaban J connectivity index is 2.51. The van der Waals surface area contributed by atoms with E-state index >= 15 is 0 Å². The van der Waals surface area contributed by atoms with Crippen molar-refractivity contribution in [2.24, 2.45) is 0 Å². The van der Waals surface area contributed by atoms with E-state index < -0.39 is 0 Å². The molecule has 0 N–H and O–H groups in total. The van der Waals surface area contributed by atoms with Crippen molar-refractivity contribution >= 4 is 34.8 Å². The molecule has 0 saturated heterocycles. The van der Waals surface area contributed by atoms with Crippen LogP contribution in [-0.2, 0) is 0 Å². The zero-order valence-electron chi connectivity index (χ0n) is 6.20. The highest BCUT2D eigenvalue weighted by molar-refractivity contribution is 6.43.